The summed E-state index contributed by atoms with van der Waals surface area (Å²) >= 11 is 0. The fourth-order valence-electron chi connectivity index (χ4n) is 3.87. The van der Waals surface area contributed by atoms with Crippen molar-refractivity contribution in [2.24, 2.45) is 0 Å². The molecule has 7 nitrogen and oxygen atoms in total. The minimum atomic E-state index is -0.120. The molecule has 2 aliphatic rings. The lowest BCUT2D eigenvalue weighted by atomic mass is 10.1. The molecule has 1 heterocycles. The third kappa shape index (κ3) is 5.55. The van der Waals surface area contributed by atoms with Crippen LogP contribution in [0.4, 0.5) is 11.4 Å². The molecule has 2 N–H and O–H groups in total. The second-order valence-electron chi connectivity index (χ2n) is 8.32. The fourth-order valence-corrected chi connectivity index (χ4v) is 3.87. The molecular weight excluding hydrogens is 392 g/mol. The number of likely N-dealkylation sites (N-methyl/N-ethyl adjacent to an activating group) is 2. The Labute approximate surface area is 183 Å². The summed E-state index contributed by atoms with van der Waals surface area (Å²) in [6, 6.07) is 15.4. The molecule has 1 saturated carbocycles. The number of rotatable bonds is 8. The summed E-state index contributed by atoms with van der Waals surface area (Å²) in [6.07, 6.45) is 2.07. The number of hydrogen-bond donors (Lipinski definition) is 2. The maximum atomic E-state index is 12.5. The average molecular weight is 423 g/mol. The lowest BCUT2D eigenvalue weighted by Gasteiger charge is -2.37. The van der Waals surface area contributed by atoms with Crippen LogP contribution in [-0.4, -0.2) is 62.1 Å². The van der Waals surface area contributed by atoms with E-state index in [1.54, 1.807) is 24.3 Å². The summed E-state index contributed by atoms with van der Waals surface area (Å²) in [5.74, 6) is 0.677. The lowest BCUT2D eigenvalue weighted by Crippen LogP contribution is -2.46. The molecule has 4 rings (SSSR count). The zero-order valence-electron chi connectivity index (χ0n) is 18.1. The van der Waals surface area contributed by atoms with Crippen LogP contribution in [0.2, 0.25) is 0 Å². The minimum Gasteiger partial charge on any atom is -0.485 e. The van der Waals surface area contributed by atoms with Crippen molar-refractivity contribution in [2.75, 3.05) is 43.4 Å². The fraction of sp³-hybridized carbons (Fsp3) is 0.417. The molecule has 1 unspecified atom stereocenters. The second kappa shape index (κ2) is 9.39. The highest BCUT2D eigenvalue weighted by Crippen LogP contribution is 2.32. The van der Waals surface area contributed by atoms with Crippen LogP contribution >= 0.6 is 0 Å². The van der Waals surface area contributed by atoms with Gasteiger partial charge < -0.3 is 20.3 Å². The molecule has 164 valence electrons. The van der Waals surface area contributed by atoms with E-state index in [0.29, 0.717) is 23.8 Å². The molecule has 2 aromatic carbocycles. The average Bonchev–Trinajstić information content (AvgIpc) is 3.57. The number of amides is 2. The van der Waals surface area contributed by atoms with Crippen LogP contribution < -0.4 is 20.3 Å². The van der Waals surface area contributed by atoms with Gasteiger partial charge >= 0.3 is 0 Å². The maximum absolute atomic E-state index is 12.5. The molecule has 0 radical (unpaired) electrons. The quantitative estimate of drug-likeness (QED) is 0.684. The van der Waals surface area contributed by atoms with Crippen molar-refractivity contribution in [1.82, 2.24) is 10.2 Å². The first-order chi connectivity index (χ1) is 15.0. The molecule has 0 saturated heterocycles. The van der Waals surface area contributed by atoms with Gasteiger partial charge in [-0.2, -0.15) is 0 Å². The summed E-state index contributed by atoms with van der Waals surface area (Å²) in [5.41, 5.74) is 2.31. The first-order valence-electron chi connectivity index (χ1n) is 10.9. The number of nitrogens with one attached hydrogen (secondary N) is 2. The predicted molar refractivity (Wildman–Crippen MR) is 122 cm³/mol. The van der Waals surface area contributed by atoms with Gasteiger partial charge in [0.1, 0.15) is 11.9 Å². The van der Waals surface area contributed by atoms with E-state index in [2.05, 4.69) is 28.5 Å². The van der Waals surface area contributed by atoms with E-state index in [9.17, 15) is 9.59 Å². The Hall–Kier alpha value is -3.06. The van der Waals surface area contributed by atoms with Gasteiger partial charge in [-0.3, -0.25) is 14.5 Å². The number of benzene rings is 2. The highest BCUT2D eigenvalue weighted by molar-refractivity contribution is 5.97. The molecule has 2 aromatic rings. The Kier molecular flexibility index (Phi) is 6.42. The van der Waals surface area contributed by atoms with Crippen molar-refractivity contribution in [2.45, 2.75) is 31.9 Å². The smallest absolute Gasteiger partial charge is 0.251 e. The van der Waals surface area contributed by atoms with Crippen LogP contribution in [0.15, 0.2) is 48.5 Å². The molecule has 0 spiro atoms. The lowest BCUT2D eigenvalue weighted by molar-refractivity contribution is -0.117. The van der Waals surface area contributed by atoms with Crippen molar-refractivity contribution in [3.05, 3.63) is 54.1 Å². The number of carbonyl (C=O) groups excluding carboxylic acids is 2. The maximum Gasteiger partial charge on any atom is 0.251 e. The van der Waals surface area contributed by atoms with Gasteiger partial charge in [0, 0.05) is 30.4 Å². The Morgan fingerprint density at radius 3 is 2.74 bits per heavy atom. The molecule has 31 heavy (non-hydrogen) atoms. The van der Waals surface area contributed by atoms with Crippen molar-refractivity contribution in [3.8, 4) is 5.75 Å². The molecule has 1 fully saturated rings. The van der Waals surface area contributed by atoms with Gasteiger partial charge in [-0.05, 0) is 57.1 Å². The Morgan fingerprint density at radius 1 is 1.16 bits per heavy atom. The van der Waals surface area contributed by atoms with E-state index in [0.717, 1.165) is 37.4 Å². The number of para-hydroxylation sites is 2. The van der Waals surface area contributed by atoms with Gasteiger partial charge in [0.05, 0.1) is 18.8 Å². The van der Waals surface area contributed by atoms with Crippen LogP contribution in [0.3, 0.4) is 0 Å². The minimum absolute atomic E-state index is 0.0119. The summed E-state index contributed by atoms with van der Waals surface area (Å²) in [6.45, 7) is 4.72. The van der Waals surface area contributed by atoms with E-state index in [4.69, 9.17) is 4.74 Å². The van der Waals surface area contributed by atoms with Crippen LogP contribution in [0, 0.1) is 0 Å². The van der Waals surface area contributed by atoms with Crippen molar-refractivity contribution in [1.29, 1.82) is 0 Å². The van der Waals surface area contributed by atoms with Crippen molar-refractivity contribution >= 4 is 23.2 Å². The zero-order valence-corrected chi connectivity index (χ0v) is 18.1. The highest BCUT2D eigenvalue weighted by atomic mass is 16.5. The van der Waals surface area contributed by atoms with Crippen LogP contribution in [-0.2, 0) is 4.79 Å². The molecule has 2 amide bonds. The van der Waals surface area contributed by atoms with Crippen LogP contribution in [0.5, 0.6) is 5.75 Å². The van der Waals surface area contributed by atoms with Gasteiger partial charge in [-0.15, -0.1) is 0 Å². The van der Waals surface area contributed by atoms with Crippen LogP contribution in [0.25, 0.3) is 0 Å². The summed E-state index contributed by atoms with van der Waals surface area (Å²) in [4.78, 5) is 29.0. The monoisotopic (exact) mass is 422 g/mol. The van der Waals surface area contributed by atoms with E-state index >= 15 is 0 Å². The second-order valence-corrected chi connectivity index (χ2v) is 8.32. The normalized spacial score (nSPS) is 17.6. The summed E-state index contributed by atoms with van der Waals surface area (Å²) in [7, 11) is 1.92. The third-order valence-electron chi connectivity index (χ3n) is 5.56. The topological polar surface area (TPSA) is 73.9 Å². The van der Waals surface area contributed by atoms with Gasteiger partial charge in [0.25, 0.3) is 5.91 Å². The number of nitrogens with zero attached hydrogens (tertiary/aromatic N) is 2. The third-order valence-corrected chi connectivity index (χ3v) is 5.56. The van der Waals surface area contributed by atoms with E-state index in [1.165, 1.54) is 0 Å². The zero-order chi connectivity index (χ0) is 21.8. The molecule has 0 bridgehead atoms. The van der Waals surface area contributed by atoms with Gasteiger partial charge in [0.2, 0.25) is 5.91 Å². The van der Waals surface area contributed by atoms with Crippen molar-refractivity contribution in [3.63, 3.8) is 0 Å². The van der Waals surface area contributed by atoms with E-state index < -0.39 is 0 Å². The largest absolute Gasteiger partial charge is 0.485 e. The molecule has 0 aromatic heterocycles. The SMILES string of the molecule is CCN1CC(CN(C)CC(=O)Nc2cccc(C(=O)NC3CC3)c2)Oc2ccccc21. The molecule has 1 aliphatic heterocycles. The van der Waals surface area contributed by atoms with Crippen molar-refractivity contribution < 1.29 is 14.3 Å². The Bertz CT molecular complexity index is 944. The molecule has 1 atom stereocenters. The van der Waals surface area contributed by atoms with Gasteiger partial charge in [-0.25, -0.2) is 0 Å². The van der Waals surface area contributed by atoms with Gasteiger partial charge in [-0.1, -0.05) is 18.2 Å². The Balaban J connectivity index is 1.29. The van der Waals surface area contributed by atoms with Gasteiger partial charge in [0.15, 0.2) is 0 Å². The number of fused-ring (bicyclic) bond motifs is 1. The number of hydrogen-bond acceptors (Lipinski definition) is 5. The first-order valence-corrected chi connectivity index (χ1v) is 10.9. The highest BCUT2D eigenvalue weighted by Gasteiger charge is 2.26. The van der Waals surface area contributed by atoms with Crippen LogP contribution in [0.1, 0.15) is 30.1 Å². The number of carbonyl (C=O) groups is 2. The summed E-state index contributed by atoms with van der Waals surface area (Å²) < 4.78 is 6.15. The standard InChI is InChI=1S/C24H30N4O3/c1-3-28-15-20(31-22-10-5-4-9-21(22)28)14-27(2)16-23(29)25-19-8-6-7-17(13-19)24(30)26-18-11-12-18/h4-10,13,18,20H,3,11-12,14-16H2,1-2H3,(H,25,29)(H,26,30). The molecular formula is C24H30N4O3. The molecule has 1 aliphatic carbocycles. The molecule has 7 heteroatoms. The Morgan fingerprint density at radius 2 is 1.97 bits per heavy atom. The first kappa shape index (κ1) is 21.2. The number of ether oxygens (including phenoxy) is 1. The van der Waals surface area contributed by atoms with E-state index in [-0.39, 0.29) is 24.5 Å². The van der Waals surface area contributed by atoms with E-state index in [1.807, 2.05) is 30.1 Å². The summed E-state index contributed by atoms with van der Waals surface area (Å²) in [5, 5.41) is 5.86. The number of anilines is 2. The predicted octanol–water partition coefficient (Wildman–Crippen LogP) is 2.74.